The molecular formula is C16H33NO3. The Morgan fingerprint density at radius 2 is 2.00 bits per heavy atom. The highest BCUT2D eigenvalue weighted by Crippen LogP contribution is 2.31. The number of hydrogen-bond donors (Lipinski definition) is 2. The van der Waals surface area contributed by atoms with Crippen molar-refractivity contribution < 1.29 is 14.6 Å². The van der Waals surface area contributed by atoms with Gasteiger partial charge in [0.25, 0.3) is 0 Å². The second-order valence-corrected chi connectivity index (χ2v) is 6.42. The van der Waals surface area contributed by atoms with E-state index in [9.17, 15) is 9.90 Å². The number of aliphatic hydroxyl groups is 1. The van der Waals surface area contributed by atoms with Crippen LogP contribution in [-0.2, 0) is 9.53 Å². The van der Waals surface area contributed by atoms with Crippen LogP contribution in [0.4, 0.5) is 0 Å². The molecule has 0 aromatic carbocycles. The average molecular weight is 287 g/mol. The van der Waals surface area contributed by atoms with Gasteiger partial charge < -0.3 is 20.0 Å². The number of nitrogens with one attached hydrogen (secondary N) is 1. The van der Waals surface area contributed by atoms with Gasteiger partial charge in [0.15, 0.2) is 0 Å². The monoisotopic (exact) mass is 287 g/mol. The van der Waals surface area contributed by atoms with Gasteiger partial charge in [0.1, 0.15) is 6.29 Å². The lowest BCUT2D eigenvalue weighted by molar-refractivity contribution is -0.108. The Hall–Kier alpha value is -0.450. The summed E-state index contributed by atoms with van der Waals surface area (Å²) in [6.07, 6.45) is 5.44. The summed E-state index contributed by atoms with van der Waals surface area (Å²) in [7, 11) is 3.62. The topological polar surface area (TPSA) is 58.6 Å². The zero-order chi connectivity index (χ0) is 15.6. The Morgan fingerprint density at radius 1 is 1.35 bits per heavy atom. The molecule has 3 atom stereocenters. The van der Waals surface area contributed by atoms with Crippen molar-refractivity contribution in [1.82, 2.24) is 5.32 Å². The standard InChI is InChI=1S/C16H33NO3/c1-13(17-4)8-6-10-16(2,3)15(19)12-14(20-5)9-7-11-18/h11,13-15,17,19H,6-10,12H2,1-5H3. The van der Waals surface area contributed by atoms with Crippen LogP contribution in [0.5, 0.6) is 0 Å². The molecule has 0 bridgehead atoms. The van der Waals surface area contributed by atoms with Crippen molar-refractivity contribution >= 4 is 6.29 Å². The van der Waals surface area contributed by atoms with Crippen LogP contribution in [0.15, 0.2) is 0 Å². The average Bonchev–Trinajstić information content (AvgIpc) is 2.42. The first-order chi connectivity index (χ1) is 9.37. The van der Waals surface area contributed by atoms with Gasteiger partial charge in [0.2, 0.25) is 0 Å². The number of methoxy groups -OCH3 is 1. The van der Waals surface area contributed by atoms with Crippen LogP contribution in [0.2, 0.25) is 0 Å². The highest BCUT2D eigenvalue weighted by Gasteiger charge is 2.29. The van der Waals surface area contributed by atoms with E-state index in [4.69, 9.17) is 4.74 Å². The fourth-order valence-corrected chi connectivity index (χ4v) is 2.33. The molecule has 0 saturated heterocycles. The summed E-state index contributed by atoms with van der Waals surface area (Å²) in [6.45, 7) is 6.38. The highest BCUT2D eigenvalue weighted by atomic mass is 16.5. The van der Waals surface area contributed by atoms with Gasteiger partial charge in [0, 0.05) is 26.0 Å². The summed E-state index contributed by atoms with van der Waals surface area (Å²) in [5, 5.41) is 13.6. The molecule has 0 radical (unpaired) electrons. The molecule has 0 amide bonds. The molecule has 0 fully saturated rings. The van der Waals surface area contributed by atoms with Crippen LogP contribution < -0.4 is 5.32 Å². The lowest BCUT2D eigenvalue weighted by Gasteiger charge is -2.33. The van der Waals surface area contributed by atoms with Crippen molar-refractivity contribution in [2.24, 2.45) is 5.41 Å². The summed E-state index contributed by atoms with van der Waals surface area (Å²) in [4.78, 5) is 10.4. The van der Waals surface area contributed by atoms with Gasteiger partial charge in [-0.3, -0.25) is 0 Å². The molecule has 20 heavy (non-hydrogen) atoms. The maximum atomic E-state index is 10.4. The van der Waals surface area contributed by atoms with Crippen LogP contribution in [0.25, 0.3) is 0 Å². The minimum atomic E-state index is -0.399. The molecule has 120 valence electrons. The SMILES string of the molecule is CNC(C)CCCC(C)(C)C(O)CC(CCC=O)OC. The van der Waals surface area contributed by atoms with Crippen LogP contribution in [-0.4, -0.2) is 43.8 Å². The first-order valence-corrected chi connectivity index (χ1v) is 7.69. The van der Waals surface area contributed by atoms with Gasteiger partial charge >= 0.3 is 0 Å². The molecule has 3 unspecified atom stereocenters. The van der Waals surface area contributed by atoms with Crippen molar-refractivity contribution in [3.63, 3.8) is 0 Å². The molecule has 2 N–H and O–H groups in total. The number of hydrogen-bond acceptors (Lipinski definition) is 4. The first-order valence-electron chi connectivity index (χ1n) is 7.69. The summed E-state index contributed by atoms with van der Waals surface area (Å²) in [5.41, 5.74) is -0.120. The minimum absolute atomic E-state index is 0.0364. The molecular weight excluding hydrogens is 254 g/mol. The second-order valence-electron chi connectivity index (χ2n) is 6.42. The van der Waals surface area contributed by atoms with Crippen molar-refractivity contribution in [2.75, 3.05) is 14.2 Å². The largest absolute Gasteiger partial charge is 0.392 e. The fourth-order valence-electron chi connectivity index (χ4n) is 2.33. The number of carbonyl (C=O) groups excluding carboxylic acids is 1. The van der Waals surface area contributed by atoms with Gasteiger partial charge in [-0.15, -0.1) is 0 Å². The molecule has 0 rings (SSSR count). The molecule has 0 heterocycles. The Kier molecular flexibility index (Phi) is 10.1. The third-order valence-corrected chi connectivity index (χ3v) is 4.28. The smallest absolute Gasteiger partial charge is 0.120 e. The number of carbonyl (C=O) groups is 1. The zero-order valence-corrected chi connectivity index (χ0v) is 13.8. The van der Waals surface area contributed by atoms with E-state index < -0.39 is 6.10 Å². The van der Waals surface area contributed by atoms with E-state index in [1.807, 2.05) is 7.05 Å². The van der Waals surface area contributed by atoms with Gasteiger partial charge in [-0.2, -0.15) is 0 Å². The Labute approximate surface area is 124 Å². The predicted octanol–water partition coefficient (Wildman–Crippen LogP) is 2.54. The third kappa shape index (κ3) is 7.98. The summed E-state index contributed by atoms with van der Waals surface area (Å²) < 4.78 is 5.35. The van der Waals surface area contributed by atoms with Crippen LogP contribution in [0.1, 0.15) is 59.3 Å². The van der Waals surface area contributed by atoms with Crippen LogP contribution in [0.3, 0.4) is 0 Å². The van der Waals surface area contributed by atoms with E-state index in [1.54, 1.807) is 7.11 Å². The summed E-state index contributed by atoms with van der Waals surface area (Å²) in [6, 6.07) is 0.516. The Balaban J connectivity index is 4.19. The molecule has 0 aliphatic heterocycles. The van der Waals surface area contributed by atoms with Gasteiger partial charge in [-0.25, -0.2) is 0 Å². The van der Waals surface area contributed by atoms with E-state index in [2.05, 4.69) is 26.1 Å². The predicted molar refractivity (Wildman–Crippen MR) is 82.9 cm³/mol. The molecule has 0 saturated carbocycles. The van der Waals surface area contributed by atoms with Gasteiger partial charge in [-0.1, -0.05) is 20.3 Å². The second kappa shape index (κ2) is 10.3. The van der Waals surface area contributed by atoms with Crippen LogP contribution in [0, 0.1) is 5.41 Å². The molecule has 0 aliphatic rings. The highest BCUT2D eigenvalue weighted by molar-refractivity contribution is 5.49. The maximum absolute atomic E-state index is 10.4. The van der Waals surface area contributed by atoms with Gasteiger partial charge in [-0.05, 0) is 38.6 Å². The molecule has 0 aromatic rings. The first kappa shape index (κ1) is 19.6. The number of ether oxygens (including phenoxy) is 1. The van der Waals surface area contributed by atoms with Crippen molar-refractivity contribution in [2.45, 2.75) is 77.5 Å². The fraction of sp³-hybridized carbons (Fsp3) is 0.938. The number of aldehydes is 1. The van der Waals surface area contributed by atoms with Crippen molar-refractivity contribution in [1.29, 1.82) is 0 Å². The molecule has 0 spiro atoms. The summed E-state index contributed by atoms with van der Waals surface area (Å²) in [5.74, 6) is 0. The lowest BCUT2D eigenvalue weighted by atomic mass is 9.78. The van der Waals surface area contributed by atoms with Crippen LogP contribution >= 0.6 is 0 Å². The minimum Gasteiger partial charge on any atom is -0.392 e. The zero-order valence-electron chi connectivity index (χ0n) is 13.8. The van der Waals surface area contributed by atoms with E-state index in [-0.39, 0.29) is 11.5 Å². The van der Waals surface area contributed by atoms with E-state index >= 15 is 0 Å². The quantitative estimate of drug-likeness (QED) is 0.542. The lowest BCUT2D eigenvalue weighted by Crippen LogP contribution is -2.34. The van der Waals surface area contributed by atoms with Crippen molar-refractivity contribution in [3.05, 3.63) is 0 Å². The van der Waals surface area contributed by atoms with E-state index in [1.165, 1.54) is 0 Å². The normalized spacial score (nSPS) is 16.7. The number of aliphatic hydroxyl groups excluding tert-OH is 1. The molecule has 4 nitrogen and oxygen atoms in total. The molecule has 4 heteroatoms. The van der Waals surface area contributed by atoms with Gasteiger partial charge in [0.05, 0.1) is 12.2 Å². The maximum Gasteiger partial charge on any atom is 0.120 e. The Bertz CT molecular complexity index is 256. The van der Waals surface area contributed by atoms with Crippen molar-refractivity contribution in [3.8, 4) is 0 Å². The number of rotatable bonds is 12. The van der Waals surface area contributed by atoms with E-state index in [0.29, 0.717) is 25.3 Å². The third-order valence-electron chi connectivity index (χ3n) is 4.28. The Morgan fingerprint density at radius 3 is 2.50 bits per heavy atom. The van der Waals surface area contributed by atoms with E-state index in [0.717, 1.165) is 25.5 Å². The molecule has 0 aliphatic carbocycles. The molecule has 0 aromatic heterocycles. The summed E-state index contributed by atoms with van der Waals surface area (Å²) >= 11 is 0.